The summed E-state index contributed by atoms with van der Waals surface area (Å²) in [7, 11) is 0. The average molecular weight is 630 g/mol. The fourth-order valence-electron chi connectivity index (χ4n) is 6.92. The number of ether oxygens (including phenoxy) is 3. The number of hydrogen-bond donors (Lipinski definition) is 0. The molecule has 0 heterocycles. The van der Waals surface area contributed by atoms with Gasteiger partial charge in [0.05, 0.1) is 30.3 Å². The minimum Gasteiger partial charge on any atom is -0.491 e. The van der Waals surface area contributed by atoms with E-state index in [1.165, 1.54) is 61.3 Å². The van der Waals surface area contributed by atoms with Crippen LogP contribution in [0.15, 0.2) is 61.2 Å². The molecule has 2 aromatic carbocycles. The molecule has 4 atom stereocenters. The fourth-order valence-corrected chi connectivity index (χ4v) is 6.92. The molecule has 0 amide bonds. The monoisotopic (exact) mass is 629 g/mol. The highest BCUT2D eigenvalue weighted by Crippen LogP contribution is 2.47. The first-order valence-corrected chi connectivity index (χ1v) is 18.1. The van der Waals surface area contributed by atoms with Gasteiger partial charge < -0.3 is 14.2 Å². The second-order valence-corrected chi connectivity index (χ2v) is 13.5. The van der Waals surface area contributed by atoms with Crippen LogP contribution in [0, 0.1) is 16.7 Å². The Hall–Kier alpha value is -3.10. The van der Waals surface area contributed by atoms with Crippen LogP contribution in [-0.2, 0) is 14.3 Å². The number of carbonyl (C=O) groups excluding carboxylic acids is 1. The second-order valence-electron chi connectivity index (χ2n) is 13.5. The summed E-state index contributed by atoms with van der Waals surface area (Å²) in [6.07, 6.45) is 19.2. The molecule has 5 heteroatoms. The zero-order valence-electron chi connectivity index (χ0n) is 28.9. The van der Waals surface area contributed by atoms with E-state index in [-0.39, 0.29) is 23.6 Å². The van der Waals surface area contributed by atoms with Crippen LogP contribution in [0.5, 0.6) is 5.75 Å². The normalized spacial score (nSPS) is 19.1. The number of hydrogen-bond acceptors (Lipinski definition) is 5. The molecule has 4 unspecified atom stereocenters. The molecule has 0 aliphatic heterocycles. The summed E-state index contributed by atoms with van der Waals surface area (Å²) in [5, 5.41) is 10.3. The molecule has 2 aromatic rings. The van der Waals surface area contributed by atoms with Crippen molar-refractivity contribution >= 4 is 5.97 Å². The smallest absolute Gasteiger partial charge is 0.330 e. The summed E-state index contributed by atoms with van der Waals surface area (Å²) in [6, 6.07) is 20.2. The van der Waals surface area contributed by atoms with E-state index in [1.54, 1.807) is 0 Å². The van der Waals surface area contributed by atoms with Crippen LogP contribution in [0.25, 0.3) is 11.1 Å². The van der Waals surface area contributed by atoms with E-state index in [2.05, 4.69) is 82.0 Å². The number of unbranched alkanes of at least 4 members (excludes halogenated alkanes) is 8. The third-order valence-electron chi connectivity index (χ3n) is 9.46. The maximum atomic E-state index is 11.0. The molecule has 1 aliphatic rings. The number of esters is 1. The standard InChI is InChI=1S/C41H59NO4/c1-5-17-33(3)46-39-25-23-36(24-26-39)35-19-21-37(22-20-35)38-18-16-27-41(31-38,32-42)30-34(4)44-28-14-12-10-8-7-9-11-13-15-29-45-40(43)6-2/h6,19-26,33-34,38H,2,5,7-18,27-31H2,1,3-4H3. The van der Waals surface area contributed by atoms with Crippen molar-refractivity contribution in [2.75, 3.05) is 13.2 Å². The third kappa shape index (κ3) is 13.3. The van der Waals surface area contributed by atoms with Crippen molar-refractivity contribution in [2.45, 2.75) is 142 Å². The van der Waals surface area contributed by atoms with Crippen molar-refractivity contribution < 1.29 is 19.0 Å². The van der Waals surface area contributed by atoms with Crippen molar-refractivity contribution in [2.24, 2.45) is 5.41 Å². The minimum absolute atomic E-state index is 0.100. The topological polar surface area (TPSA) is 68.5 Å². The molecule has 1 saturated carbocycles. The molecule has 1 fully saturated rings. The van der Waals surface area contributed by atoms with E-state index in [9.17, 15) is 10.1 Å². The number of nitrogens with zero attached hydrogens (tertiary/aromatic N) is 1. The molecular formula is C41H59NO4. The summed E-state index contributed by atoms with van der Waals surface area (Å²) < 4.78 is 17.3. The van der Waals surface area contributed by atoms with E-state index >= 15 is 0 Å². The number of nitriles is 1. The molecule has 46 heavy (non-hydrogen) atoms. The van der Waals surface area contributed by atoms with Crippen molar-refractivity contribution in [3.8, 4) is 22.9 Å². The van der Waals surface area contributed by atoms with Crippen LogP contribution in [-0.4, -0.2) is 31.4 Å². The maximum absolute atomic E-state index is 11.0. The highest BCUT2D eigenvalue weighted by molar-refractivity contribution is 5.81. The van der Waals surface area contributed by atoms with Gasteiger partial charge in [-0.25, -0.2) is 4.79 Å². The van der Waals surface area contributed by atoms with E-state index < -0.39 is 0 Å². The molecule has 0 saturated heterocycles. The van der Waals surface area contributed by atoms with Crippen LogP contribution in [0.1, 0.15) is 135 Å². The summed E-state index contributed by atoms with van der Waals surface area (Å²) in [5.74, 6) is 1.01. The van der Waals surface area contributed by atoms with Crippen LogP contribution in [0.3, 0.4) is 0 Å². The Bertz CT molecular complexity index is 1180. The molecule has 5 nitrogen and oxygen atoms in total. The first-order valence-electron chi connectivity index (χ1n) is 18.1. The molecule has 1 aliphatic carbocycles. The van der Waals surface area contributed by atoms with Crippen LogP contribution in [0.4, 0.5) is 0 Å². The molecule has 3 rings (SSSR count). The molecule has 0 radical (unpaired) electrons. The first kappa shape index (κ1) is 37.4. The van der Waals surface area contributed by atoms with E-state index in [0.29, 0.717) is 12.5 Å². The lowest BCUT2D eigenvalue weighted by atomic mass is 9.66. The van der Waals surface area contributed by atoms with E-state index in [4.69, 9.17) is 14.2 Å². The van der Waals surface area contributed by atoms with Gasteiger partial charge in [0.25, 0.3) is 0 Å². The molecule has 0 spiro atoms. The van der Waals surface area contributed by atoms with Gasteiger partial charge in [-0.15, -0.1) is 0 Å². The number of rotatable bonds is 22. The minimum atomic E-state index is -0.329. The van der Waals surface area contributed by atoms with Gasteiger partial charge in [0.15, 0.2) is 0 Å². The van der Waals surface area contributed by atoms with Crippen molar-refractivity contribution in [3.63, 3.8) is 0 Å². The van der Waals surface area contributed by atoms with E-state index in [0.717, 1.165) is 76.6 Å². The van der Waals surface area contributed by atoms with Crippen LogP contribution < -0.4 is 4.74 Å². The number of carbonyl (C=O) groups is 1. The predicted molar refractivity (Wildman–Crippen MR) is 189 cm³/mol. The van der Waals surface area contributed by atoms with Crippen LogP contribution in [0.2, 0.25) is 0 Å². The zero-order valence-corrected chi connectivity index (χ0v) is 28.9. The average Bonchev–Trinajstić information content (AvgIpc) is 3.07. The van der Waals surface area contributed by atoms with Crippen molar-refractivity contribution in [1.82, 2.24) is 0 Å². The summed E-state index contributed by atoms with van der Waals surface area (Å²) >= 11 is 0. The van der Waals surface area contributed by atoms with Gasteiger partial charge in [-0.05, 0) is 93.5 Å². The highest BCUT2D eigenvalue weighted by Gasteiger charge is 2.38. The predicted octanol–water partition coefficient (Wildman–Crippen LogP) is 11.1. The van der Waals surface area contributed by atoms with Crippen molar-refractivity contribution in [1.29, 1.82) is 5.26 Å². The lowest BCUT2D eigenvalue weighted by molar-refractivity contribution is -0.137. The first-order chi connectivity index (χ1) is 22.4. The fraction of sp³-hybridized carbons (Fsp3) is 0.610. The maximum Gasteiger partial charge on any atom is 0.330 e. The highest BCUT2D eigenvalue weighted by atomic mass is 16.5. The molecule has 0 aromatic heterocycles. The Labute approximate surface area is 279 Å². The largest absolute Gasteiger partial charge is 0.491 e. The molecular weight excluding hydrogens is 570 g/mol. The summed E-state index contributed by atoms with van der Waals surface area (Å²) in [5.41, 5.74) is 3.44. The lowest BCUT2D eigenvalue weighted by Gasteiger charge is -2.37. The summed E-state index contributed by atoms with van der Waals surface area (Å²) in [6.45, 7) is 11.1. The quantitative estimate of drug-likeness (QED) is 0.0736. The van der Waals surface area contributed by atoms with Gasteiger partial charge in [0.2, 0.25) is 0 Å². The van der Waals surface area contributed by atoms with Crippen molar-refractivity contribution in [3.05, 3.63) is 66.7 Å². The summed E-state index contributed by atoms with van der Waals surface area (Å²) in [4.78, 5) is 11.0. The molecule has 0 bridgehead atoms. The van der Waals surface area contributed by atoms with Gasteiger partial charge in [-0.2, -0.15) is 5.26 Å². The van der Waals surface area contributed by atoms with Gasteiger partial charge in [-0.3, -0.25) is 0 Å². The Morgan fingerprint density at radius 1 is 0.913 bits per heavy atom. The Morgan fingerprint density at radius 2 is 1.50 bits per heavy atom. The third-order valence-corrected chi connectivity index (χ3v) is 9.46. The number of benzene rings is 2. The van der Waals surface area contributed by atoms with Gasteiger partial charge in [-0.1, -0.05) is 108 Å². The Morgan fingerprint density at radius 3 is 2.09 bits per heavy atom. The van der Waals surface area contributed by atoms with Gasteiger partial charge in [0, 0.05) is 12.7 Å². The molecule has 252 valence electrons. The van der Waals surface area contributed by atoms with Gasteiger partial charge in [0.1, 0.15) is 5.75 Å². The van der Waals surface area contributed by atoms with Crippen LogP contribution >= 0.6 is 0 Å². The molecule has 0 N–H and O–H groups in total. The van der Waals surface area contributed by atoms with E-state index in [1.807, 2.05) is 0 Å². The Balaban J connectivity index is 1.34. The Kier molecular flexibility index (Phi) is 17.0. The SMILES string of the molecule is C=CC(=O)OCCCCCCCCCCCOC(C)CC1(C#N)CCCC(c2ccc(-c3ccc(OC(C)CCC)cc3)cc2)C1. The van der Waals surface area contributed by atoms with Gasteiger partial charge >= 0.3 is 5.97 Å². The lowest BCUT2D eigenvalue weighted by Crippen LogP contribution is -2.31. The zero-order chi connectivity index (χ0) is 33.0. The second kappa shape index (κ2) is 20.9.